The van der Waals surface area contributed by atoms with Crippen LogP contribution >= 0.6 is 0 Å². The van der Waals surface area contributed by atoms with Crippen LogP contribution in [0.15, 0.2) is 70.7 Å². The van der Waals surface area contributed by atoms with Gasteiger partial charge in [-0.3, -0.25) is 9.89 Å². The number of carbonyl (C=O) groups excluding carboxylic acids is 1. The van der Waals surface area contributed by atoms with Gasteiger partial charge in [-0.2, -0.15) is 5.10 Å². The molecule has 0 bridgehead atoms. The van der Waals surface area contributed by atoms with Crippen molar-refractivity contribution in [3.05, 3.63) is 83.2 Å². The molecule has 0 fully saturated rings. The number of aromatic nitrogens is 3. The molecule has 0 saturated carbocycles. The van der Waals surface area contributed by atoms with Gasteiger partial charge in [0.2, 0.25) is 9.84 Å². The highest BCUT2D eigenvalue weighted by atomic mass is 32.2. The Hall–Kier alpha value is -3.32. The molecule has 2 aromatic heterocycles. The average Bonchev–Trinajstić information content (AvgIpc) is 3.19. The number of H-pyrrole nitrogens is 1. The van der Waals surface area contributed by atoms with Gasteiger partial charge in [-0.1, -0.05) is 18.2 Å². The molecule has 4 aromatic rings. The number of aromatic amines is 1. The first-order chi connectivity index (χ1) is 14.3. The van der Waals surface area contributed by atoms with Gasteiger partial charge in [-0.05, 0) is 67.3 Å². The van der Waals surface area contributed by atoms with Crippen LogP contribution in [0.25, 0.3) is 11.0 Å². The second kappa shape index (κ2) is 7.84. The highest BCUT2D eigenvalue weighted by Gasteiger charge is 2.18. The lowest BCUT2D eigenvalue weighted by Crippen LogP contribution is -2.04. The maximum absolute atomic E-state index is 12.9. The molecule has 152 valence electrons. The van der Waals surface area contributed by atoms with E-state index in [1.807, 2.05) is 19.9 Å². The second-order valence-corrected chi connectivity index (χ2v) is 9.38. The van der Waals surface area contributed by atoms with E-state index in [0.717, 1.165) is 22.1 Å². The van der Waals surface area contributed by atoms with Crippen molar-refractivity contribution in [2.45, 2.75) is 36.5 Å². The number of pyridine rings is 1. The van der Waals surface area contributed by atoms with E-state index in [1.54, 1.807) is 54.9 Å². The zero-order valence-electron chi connectivity index (χ0n) is 16.7. The average molecular weight is 420 g/mol. The second-order valence-electron chi connectivity index (χ2n) is 7.43. The van der Waals surface area contributed by atoms with Gasteiger partial charge in [0.15, 0.2) is 11.4 Å². The van der Waals surface area contributed by atoms with Crippen molar-refractivity contribution in [3.8, 4) is 0 Å². The number of hydrogen-bond acceptors (Lipinski definition) is 5. The minimum absolute atomic E-state index is 0.0162. The standard InChI is InChI=1S/C23H21N3O3S/c1-15-9-16(2)11-21(10-15)30(28,29)20-6-3-17(4-7-20)5-8-22(27)18-12-19-14-25-26-23(19)24-13-18/h3-4,6-7,9-14H,5,8H2,1-2H3,(H,24,25,26). The lowest BCUT2D eigenvalue weighted by Gasteiger charge is -2.08. The number of rotatable bonds is 6. The molecular weight excluding hydrogens is 398 g/mol. The number of carbonyl (C=O) groups is 1. The summed E-state index contributed by atoms with van der Waals surface area (Å²) in [5.41, 5.74) is 3.91. The molecule has 0 radical (unpaired) electrons. The molecule has 4 rings (SSSR count). The maximum Gasteiger partial charge on any atom is 0.206 e. The van der Waals surface area contributed by atoms with E-state index in [2.05, 4.69) is 15.2 Å². The number of fused-ring (bicyclic) bond motifs is 1. The zero-order chi connectivity index (χ0) is 21.3. The van der Waals surface area contributed by atoms with Gasteiger partial charge in [-0.15, -0.1) is 0 Å². The third-order valence-corrected chi connectivity index (χ3v) is 6.74. The van der Waals surface area contributed by atoms with Gasteiger partial charge in [0.1, 0.15) is 0 Å². The fraction of sp³-hybridized carbons (Fsp3) is 0.174. The van der Waals surface area contributed by atoms with Gasteiger partial charge in [-0.25, -0.2) is 13.4 Å². The summed E-state index contributed by atoms with van der Waals surface area (Å²) >= 11 is 0. The number of nitrogens with zero attached hydrogens (tertiary/aromatic N) is 2. The zero-order valence-corrected chi connectivity index (χ0v) is 17.5. The number of benzene rings is 2. The van der Waals surface area contributed by atoms with E-state index in [-0.39, 0.29) is 10.7 Å². The van der Waals surface area contributed by atoms with Crippen LogP contribution in [0.1, 0.15) is 33.5 Å². The van der Waals surface area contributed by atoms with Crippen molar-refractivity contribution in [2.75, 3.05) is 0 Å². The molecular formula is C23H21N3O3S. The number of aryl methyl sites for hydroxylation is 3. The molecule has 0 saturated heterocycles. The molecule has 2 aromatic carbocycles. The largest absolute Gasteiger partial charge is 0.294 e. The number of nitrogens with one attached hydrogen (secondary N) is 1. The van der Waals surface area contributed by atoms with Crippen molar-refractivity contribution in [1.29, 1.82) is 0 Å². The van der Waals surface area contributed by atoms with E-state index in [9.17, 15) is 13.2 Å². The van der Waals surface area contributed by atoms with Crippen LogP contribution in [0.3, 0.4) is 0 Å². The fourth-order valence-corrected chi connectivity index (χ4v) is 4.90. The Kier molecular flexibility index (Phi) is 5.22. The molecule has 0 aliphatic heterocycles. The van der Waals surface area contributed by atoms with Crippen molar-refractivity contribution >= 4 is 26.7 Å². The predicted octanol–water partition coefficient (Wildman–Crippen LogP) is 4.22. The molecule has 0 aliphatic rings. The lowest BCUT2D eigenvalue weighted by atomic mass is 10.0. The van der Waals surface area contributed by atoms with Crippen LogP contribution in [0.5, 0.6) is 0 Å². The third-order valence-electron chi connectivity index (χ3n) is 4.99. The number of sulfone groups is 1. The molecule has 6 nitrogen and oxygen atoms in total. The summed E-state index contributed by atoms with van der Waals surface area (Å²) in [6, 6.07) is 13.8. The molecule has 0 aliphatic carbocycles. The topological polar surface area (TPSA) is 92.8 Å². The van der Waals surface area contributed by atoms with E-state index in [4.69, 9.17) is 0 Å². The quantitative estimate of drug-likeness (QED) is 0.472. The molecule has 7 heteroatoms. The Morgan fingerprint density at radius 3 is 2.33 bits per heavy atom. The van der Waals surface area contributed by atoms with E-state index < -0.39 is 9.84 Å². The van der Waals surface area contributed by atoms with Crippen LogP contribution in [-0.2, 0) is 16.3 Å². The summed E-state index contributed by atoms with van der Waals surface area (Å²) in [5.74, 6) is -0.0162. The molecule has 0 atom stereocenters. The van der Waals surface area contributed by atoms with Gasteiger partial charge in [0.05, 0.1) is 16.0 Å². The monoisotopic (exact) mass is 419 g/mol. The van der Waals surface area contributed by atoms with Crippen LogP contribution in [0.2, 0.25) is 0 Å². The van der Waals surface area contributed by atoms with Crippen molar-refractivity contribution < 1.29 is 13.2 Å². The maximum atomic E-state index is 12.9. The summed E-state index contributed by atoms with van der Waals surface area (Å²) in [6.07, 6.45) is 4.01. The smallest absolute Gasteiger partial charge is 0.206 e. The molecule has 30 heavy (non-hydrogen) atoms. The Bertz CT molecular complexity index is 1320. The summed E-state index contributed by atoms with van der Waals surface area (Å²) in [4.78, 5) is 17.2. The Morgan fingerprint density at radius 1 is 0.933 bits per heavy atom. The van der Waals surface area contributed by atoms with Crippen LogP contribution in [0.4, 0.5) is 0 Å². The number of hydrogen-bond donors (Lipinski definition) is 1. The fourth-order valence-electron chi connectivity index (χ4n) is 3.45. The number of ketones is 1. The van der Waals surface area contributed by atoms with E-state index >= 15 is 0 Å². The lowest BCUT2D eigenvalue weighted by molar-refractivity contribution is 0.0982. The van der Waals surface area contributed by atoms with Crippen molar-refractivity contribution in [1.82, 2.24) is 15.2 Å². The Labute approximate surface area is 174 Å². The van der Waals surface area contributed by atoms with Gasteiger partial charge in [0, 0.05) is 23.6 Å². The van der Waals surface area contributed by atoms with Gasteiger partial charge >= 0.3 is 0 Å². The Morgan fingerprint density at radius 2 is 1.63 bits per heavy atom. The molecule has 2 heterocycles. The normalized spacial score (nSPS) is 11.7. The first-order valence-corrected chi connectivity index (χ1v) is 11.1. The minimum atomic E-state index is -3.57. The highest BCUT2D eigenvalue weighted by Crippen LogP contribution is 2.24. The first-order valence-electron chi connectivity index (χ1n) is 9.57. The molecule has 0 spiro atoms. The van der Waals surface area contributed by atoms with E-state index in [0.29, 0.717) is 28.9 Å². The summed E-state index contributed by atoms with van der Waals surface area (Å²) < 4.78 is 25.8. The van der Waals surface area contributed by atoms with E-state index in [1.165, 1.54) is 0 Å². The predicted molar refractivity (Wildman–Crippen MR) is 114 cm³/mol. The van der Waals surface area contributed by atoms with Gasteiger partial charge in [0.25, 0.3) is 0 Å². The van der Waals surface area contributed by atoms with Crippen molar-refractivity contribution in [2.24, 2.45) is 0 Å². The van der Waals surface area contributed by atoms with Crippen LogP contribution in [-0.4, -0.2) is 29.4 Å². The number of Topliss-reactive ketones (excluding diaryl/α,β-unsaturated/α-hetero) is 1. The van der Waals surface area contributed by atoms with Gasteiger partial charge < -0.3 is 0 Å². The van der Waals surface area contributed by atoms with Crippen molar-refractivity contribution in [3.63, 3.8) is 0 Å². The summed E-state index contributed by atoms with van der Waals surface area (Å²) in [6.45, 7) is 3.76. The Balaban J connectivity index is 1.47. The molecule has 0 unspecified atom stereocenters. The summed E-state index contributed by atoms with van der Waals surface area (Å²) in [5, 5.41) is 7.46. The third kappa shape index (κ3) is 4.02. The minimum Gasteiger partial charge on any atom is -0.294 e. The first kappa shape index (κ1) is 20.0. The SMILES string of the molecule is Cc1cc(C)cc(S(=O)(=O)c2ccc(CCC(=O)c3cnc4[nH]ncc4c3)cc2)c1. The highest BCUT2D eigenvalue weighted by molar-refractivity contribution is 7.91. The molecule has 0 amide bonds. The molecule has 1 N–H and O–H groups in total. The summed E-state index contributed by atoms with van der Waals surface area (Å²) in [7, 11) is -3.57. The van der Waals surface area contributed by atoms with Crippen LogP contribution in [0, 0.1) is 13.8 Å². The van der Waals surface area contributed by atoms with Crippen LogP contribution < -0.4 is 0 Å².